The van der Waals surface area contributed by atoms with E-state index < -0.39 is 15.2 Å². The van der Waals surface area contributed by atoms with E-state index >= 15 is 0 Å². The van der Waals surface area contributed by atoms with Crippen LogP contribution < -0.4 is 16.0 Å². The summed E-state index contributed by atoms with van der Waals surface area (Å²) >= 11 is 0. The van der Waals surface area contributed by atoms with Gasteiger partial charge in [-0.2, -0.15) is 15.0 Å². The molecule has 12 heteroatoms. The van der Waals surface area contributed by atoms with E-state index in [0.29, 0.717) is 0 Å². The van der Waals surface area contributed by atoms with Gasteiger partial charge in [0, 0.05) is 13.1 Å². The lowest BCUT2D eigenvalue weighted by molar-refractivity contribution is 0.227. The van der Waals surface area contributed by atoms with Crippen molar-refractivity contribution >= 4 is 32.3 Å². The third-order valence-corrected chi connectivity index (χ3v) is 7.45. The molecule has 0 radical (unpaired) electrons. The van der Waals surface area contributed by atoms with E-state index in [4.69, 9.17) is 18.1 Å². The van der Waals surface area contributed by atoms with E-state index in [-0.39, 0.29) is 43.5 Å². The molecule has 0 amide bonds. The number of hydrogen-bond acceptors (Lipinski definition) is 10. The number of nitrogens with zero attached hydrogens (tertiary/aromatic N) is 4. The molecule has 0 aromatic carbocycles. The lowest BCUT2D eigenvalue weighted by Crippen LogP contribution is -2.34. The summed E-state index contributed by atoms with van der Waals surface area (Å²) in [4.78, 5) is 14.7. The highest BCUT2D eigenvalue weighted by molar-refractivity contribution is 7.62. The predicted octanol–water partition coefficient (Wildman–Crippen LogP) is 2.25. The van der Waals surface area contributed by atoms with Crippen LogP contribution in [0.25, 0.3) is 0 Å². The molecule has 1 aromatic rings. The van der Waals surface area contributed by atoms with Crippen molar-refractivity contribution in [1.29, 1.82) is 0 Å². The Morgan fingerprint density at radius 3 is 1.44 bits per heavy atom. The maximum atomic E-state index is 13.2. The highest BCUT2D eigenvalue weighted by Crippen LogP contribution is 2.48. The summed E-state index contributed by atoms with van der Waals surface area (Å²) in [5.74, 6) is 0.270. The zero-order valence-corrected chi connectivity index (χ0v) is 18.1. The summed E-state index contributed by atoms with van der Waals surface area (Å²) in [5, 5.41) is 0. The Kier molecular flexibility index (Phi) is 8.34. The Labute approximate surface area is 160 Å². The molecule has 0 unspecified atom stereocenters. The van der Waals surface area contributed by atoms with Gasteiger partial charge >= 0.3 is 15.2 Å². The quantitative estimate of drug-likeness (QED) is 0.492. The monoisotopic (exact) mass is 422 g/mol. The van der Waals surface area contributed by atoms with Crippen LogP contribution in [0.1, 0.15) is 40.5 Å². The van der Waals surface area contributed by atoms with Crippen molar-refractivity contribution in [3.8, 4) is 0 Å². The molecule has 0 saturated carbocycles. The van der Waals surface area contributed by atoms with E-state index in [0.717, 1.165) is 25.9 Å². The van der Waals surface area contributed by atoms with Crippen LogP contribution in [0.3, 0.4) is 0 Å². The third kappa shape index (κ3) is 5.34. The van der Waals surface area contributed by atoms with Crippen LogP contribution >= 0.6 is 15.2 Å². The summed E-state index contributed by atoms with van der Waals surface area (Å²) < 4.78 is 47.8. The fourth-order valence-corrected chi connectivity index (χ4v) is 5.54. The second-order valence-corrected chi connectivity index (χ2v) is 9.42. The van der Waals surface area contributed by atoms with Crippen molar-refractivity contribution in [2.24, 2.45) is 0 Å². The lowest BCUT2D eigenvalue weighted by Gasteiger charge is -2.22. The fourth-order valence-electron chi connectivity index (χ4n) is 2.63. The van der Waals surface area contributed by atoms with Crippen molar-refractivity contribution in [3.63, 3.8) is 0 Å². The molecule has 27 heavy (non-hydrogen) atoms. The molecular formula is C15H28N4O6P2. The molecule has 154 valence electrons. The summed E-state index contributed by atoms with van der Waals surface area (Å²) in [6.45, 7) is 8.84. The normalized spacial score (nSPS) is 15.5. The van der Waals surface area contributed by atoms with Crippen LogP contribution in [0.4, 0.5) is 5.95 Å². The molecule has 0 bridgehead atoms. The topological polar surface area (TPSA) is 113 Å². The van der Waals surface area contributed by atoms with Gasteiger partial charge < -0.3 is 23.0 Å². The number of hydrogen-bond donors (Lipinski definition) is 0. The molecule has 0 aliphatic carbocycles. The van der Waals surface area contributed by atoms with Crippen molar-refractivity contribution in [1.82, 2.24) is 15.0 Å². The number of anilines is 1. The Morgan fingerprint density at radius 1 is 0.741 bits per heavy atom. The first-order chi connectivity index (χ1) is 12.9. The van der Waals surface area contributed by atoms with Gasteiger partial charge in [-0.3, -0.25) is 9.13 Å². The molecule has 0 atom stereocenters. The second-order valence-electron chi connectivity index (χ2n) is 5.60. The van der Waals surface area contributed by atoms with Crippen molar-refractivity contribution < 1.29 is 27.2 Å². The number of aromatic nitrogens is 3. The van der Waals surface area contributed by atoms with E-state index in [9.17, 15) is 9.13 Å². The van der Waals surface area contributed by atoms with Gasteiger partial charge in [-0.1, -0.05) is 0 Å². The molecule has 1 aliphatic heterocycles. The average Bonchev–Trinajstić information content (AvgIpc) is 3.17. The minimum Gasteiger partial charge on any atom is -0.341 e. The highest BCUT2D eigenvalue weighted by Gasteiger charge is 2.38. The third-order valence-electron chi connectivity index (χ3n) is 3.68. The Morgan fingerprint density at radius 2 is 1.11 bits per heavy atom. The second kappa shape index (κ2) is 10.0. The van der Waals surface area contributed by atoms with Gasteiger partial charge in [0.1, 0.15) is 0 Å². The minimum atomic E-state index is -3.79. The van der Waals surface area contributed by atoms with Crippen LogP contribution in [0.2, 0.25) is 0 Å². The van der Waals surface area contributed by atoms with Crippen LogP contribution in [-0.4, -0.2) is 54.5 Å². The minimum absolute atomic E-state index is 0.145. The van der Waals surface area contributed by atoms with Gasteiger partial charge in [0.15, 0.2) is 0 Å². The first-order valence-electron chi connectivity index (χ1n) is 9.22. The SMILES string of the molecule is CCOP(=O)(OCC)c1nc(N2CCCC2)nc(P(=O)(OCC)OCC)n1. The summed E-state index contributed by atoms with van der Waals surface area (Å²) in [6, 6.07) is 0. The van der Waals surface area contributed by atoms with Gasteiger partial charge in [0.2, 0.25) is 17.1 Å². The molecule has 1 aromatic heterocycles. The maximum absolute atomic E-state index is 13.2. The summed E-state index contributed by atoms with van der Waals surface area (Å²) in [5.41, 5.74) is -0.365. The van der Waals surface area contributed by atoms with Crippen molar-refractivity contribution in [2.45, 2.75) is 40.5 Å². The molecule has 1 aliphatic rings. The van der Waals surface area contributed by atoms with Crippen molar-refractivity contribution in [3.05, 3.63) is 0 Å². The first-order valence-corrected chi connectivity index (χ1v) is 12.3. The van der Waals surface area contributed by atoms with Crippen LogP contribution in [-0.2, 0) is 27.2 Å². The molecule has 2 heterocycles. The zero-order valence-electron chi connectivity index (χ0n) is 16.3. The van der Waals surface area contributed by atoms with Gasteiger partial charge in [0.05, 0.1) is 26.4 Å². The summed E-state index contributed by atoms with van der Waals surface area (Å²) in [6.07, 6.45) is 1.97. The van der Waals surface area contributed by atoms with E-state index in [1.807, 2.05) is 4.90 Å². The molecular weight excluding hydrogens is 394 g/mol. The maximum Gasteiger partial charge on any atom is 0.398 e. The molecule has 1 fully saturated rings. The van der Waals surface area contributed by atoms with Gasteiger partial charge in [-0.05, 0) is 40.5 Å². The molecule has 0 spiro atoms. The molecule has 2 rings (SSSR count). The smallest absolute Gasteiger partial charge is 0.341 e. The van der Waals surface area contributed by atoms with Gasteiger partial charge in [-0.25, -0.2) is 0 Å². The van der Waals surface area contributed by atoms with Crippen LogP contribution in [0, 0.1) is 0 Å². The van der Waals surface area contributed by atoms with Crippen LogP contribution in [0.15, 0.2) is 0 Å². The molecule has 1 saturated heterocycles. The lowest BCUT2D eigenvalue weighted by atomic mass is 10.4. The van der Waals surface area contributed by atoms with Crippen LogP contribution in [0.5, 0.6) is 0 Å². The Balaban J connectivity index is 2.60. The molecule has 0 N–H and O–H groups in total. The first kappa shape index (κ1) is 22.4. The fraction of sp³-hybridized carbons (Fsp3) is 0.800. The van der Waals surface area contributed by atoms with E-state index in [1.165, 1.54) is 0 Å². The Bertz CT molecular complexity index is 645. The number of rotatable bonds is 11. The van der Waals surface area contributed by atoms with Gasteiger partial charge in [0.25, 0.3) is 0 Å². The Hall–Kier alpha value is -0.890. The highest BCUT2D eigenvalue weighted by atomic mass is 31.2. The van der Waals surface area contributed by atoms with Crippen molar-refractivity contribution in [2.75, 3.05) is 44.4 Å². The predicted molar refractivity (Wildman–Crippen MR) is 102 cm³/mol. The largest absolute Gasteiger partial charge is 0.398 e. The zero-order chi connectivity index (χ0) is 19.9. The van der Waals surface area contributed by atoms with E-state index in [1.54, 1.807) is 27.7 Å². The summed E-state index contributed by atoms with van der Waals surface area (Å²) in [7, 11) is -7.59. The van der Waals surface area contributed by atoms with Gasteiger partial charge in [-0.15, -0.1) is 0 Å². The standard InChI is InChI=1S/C15H28N4O6P2/c1-5-22-26(20,23-6-2)14-16-13(19-11-9-10-12-19)17-15(18-14)27(21,24-7-3)25-8-4/h5-12H2,1-4H3. The molecule has 10 nitrogen and oxygen atoms in total. The average molecular weight is 422 g/mol. The van der Waals surface area contributed by atoms with E-state index in [2.05, 4.69) is 15.0 Å².